The molecule has 0 atom stereocenters. The van der Waals surface area contributed by atoms with Crippen LogP contribution >= 0.6 is 0 Å². The van der Waals surface area contributed by atoms with Gasteiger partial charge >= 0.3 is 0 Å². The van der Waals surface area contributed by atoms with Crippen molar-refractivity contribution in [3.63, 3.8) is 0 Å². The lowest BCUT2D eigenvalue weighted by Crippen LogP contribution is -2.12. The van der Waals surface area contributed by atoms with Crippen molar-refractivity contribution >= 4 is 0 Å². The molecule has 0 aliphatic heterocycles. The Bertz CT molecular complexity index is 572. The van der Waals surface area contributed by atoms with E-state index in [1.54, 1.807) is 18.2 Å². The first-order valence-corrected chi connectivity index (χ1v) is 6.55. The van der Waals surface area contributed by atoms with E-state index in [4.69, 9.17) is 4.74 Å². The van der Waals surface area contributed by atoms with E-state index in [-0.39, 0.29) is 18.2 Å². The largest absolute Gasteiger partial charge is 0.489 e. The molecule has 0 aliphatic carbocycles. The van der Waals surface area contributed by atoms with E-state index in [2.05, 4.69) is 5.32 Å². The molecule has 1 N–H and O–H groups in total. The van der Waals surface area contributed by atoms with Gasteiger partial charge in [0, 0.05) is 12.6 Å². The predicted octanol–water partition coefficient (Wildman–Crippen LogP) is 3.65. The molecule has 106 valence electrons. The van der Waals surface area contributed by atoms with E-state index >= 15 is 0 Å². The standard InChI is InChI=1S/C16H17F2NO/c1-2-19-10-13-7-15(18)9-16(8-13)20-11-12-4-3-5-14(17)6-12/h3-9,19H,2,10-11H2,1H3. The van der Waals surface area contributed by atoms with Crippen LogP contribution in [-0.4, -0.2) is 6.54 Å². The Hall–Kier alpha value is -1.94. The van der Waals surface area contributed by atoms with Gasteiger partial charge in [-0.1, -0.05) is 19.1 Å². The summed E-state index contributed by atoms with van der Waals surface area (Å²) < 4.78 is 32.0. The average molecular weight is 277 g/mol. The molecule has 2 aromatic rings. The molecule has 0 heterocycles. The first-order valence-electron chi connectivity index (χ1n) is 6.55. The van der Waals surface area contributed by atoms with Crippen LogP contribution in [0.5, 0.6) is 5.75 Å². The Kier molecular flexibility index (Phi) is 5.07. The molecule has 0 bridgehead atoms. The Balaban J connectivity index is 2.03. The molecule has 0 unspecified atom stereocenters. The number of nitrogens with one attached hydrogen (secondary N) is 1. The molecule has 0 aromatic heterocycles. The Labute approximate surface area is 117 Å². The van der Waals surface area contributed by atoms with Crippen LogP contribution in [0.2, 0.25) is 0 Å². The van der Waals surface area contributed by atoms with Crippen LogP contribution in [0.3, 0.4) is 0 Å². The van der Waals surface area contributed by atoms with Gasteiger partial charge in [0.2, 0.25) is 0 Å². The van der Waals surface area contributed by atoms with Crippen molar-refractivity contribution in [2.24, 2.45) is 0 Å². The smallest absolute Gasteiger partial charge is 0.127 e. The molecule has 20 heavy (non-hydrogen) atoms. The highest BCUT2D eigenvalue weighted by atomic mass is 19.1. The van der Waals surface area contributed by atoms with Crippen LogP contribution in [0.4, 0.5) is 8.78 Å². The minimum absolute atomic E-state index is 0.210. The second-order valence-corrected chi connectivity index (χ2v) is 4.49. The fourth-order valence-corrected chi connectivity index (χ4v) is 1.87. The van der Waals surface area contributed by atoms with Gasteiger partial charge in [0.15, 0.2) is 0 Å². The van der Waals surface area contributed by atoms with Crippen LogP contribution in [0.1, 0.15) is 18.1 Å². The molecular weight excluding hydrogens is 260 g/mol. The highest BCUT2D eigenvalue weighted by Crippen LogP contribution is 2.18. The number of hydrogen-bond acceptors (Lipinski definition) is 2. The highest BCUT2D eigenvalue weighted by Gasteiger charge is 2.03. The third-order valence-corrected chi connectivity index (χ3v) is 2.80. The summed E-state index contributed by atoms with van der Waals surface area (Å²) in [7, 11) is 0. The van der Waals surface area contributed by atoms with Crippen molar-refractivity contribution in [3.05, 3.63) is 65.2 Å². The van der Waals surface area contributed by atoms with Crippen LogP contribution in [0.15, 0.2) is 42.5 Å². The van der Waals surface area contributed by atoms with Gasteiger partial charge in [-0.15, -0.1) is 0 Å². The Morgan fingerprint density at radius 1 is 1.00 bits per heavy atom. The molecule has 0 aliphatic rings. The van der Waals surface area contributed by atoms with Gasteiger partial charge in [-0.3, -0.25) is 0 Å². The maximum absolute atomic E-state index is 13.5. The predicted molar refractivity (Wildman–Crippen MR) is 74.5 cm³/mol. The van der Waals surface area contributed by atoms with E-state index in [1.807, 2.05) is 6.92 Å². The van der Waals surface area contributed by atoms with Crippen LogP contribution in [0, 0.1) is 11.6 Å². The molecule has 4 heteroatoms. The number of hydrogen-bond donors (Lipinski definition) is 1. The fourth-order valence-electron chi connectivity index (χ4n) is 1.87. The SMILES string of the molecule is CCNCc1cc(F)cc(OCc2cccc(F)c2)c1. The highest BCUT2D eigenvalue weighted by molar-refractivity contribution is 5.30. The normalized spacial score (nSPS) is 10.6. The lowest BCUT2D eigenvalue weighted by atomic mass is 10.2. The van der Waals surface area contributed by atoms with Gasteiger partial charge < -0.3 is 10.1 Å². The minimum atomic E-state index is -0.338. The first-order chi connectivity index (χ1) is 9.67. The van der Waals surface area contributed by atoms with Crippen LogP contribution in [-0.2, 0) is 13.2 Å². The lowest BCUT2D eigenvalue weighted by molar-refractivity contribution is 0.303. The van der Waals surface area contributed by atoms with Crippen molar-refractivity contribution in [1.29, 1.82) is 0 Å². The molecule has 2 nitrogen and oxygen atoms in total. The van der Waals surface area contributed by atoms with Crippen LogP contribution in [0.25, 0.3) is 0 Å². The topological polar surface area (TPSA) is 21.3 Å². The summed E-state index contributed by atoms with van der Waals surface area (Å²) in [6.45, 7) is 3.60. The van der Waals surface area contributed by atoms with Crippen molar-refractivity contribution in [2.45, 2.75) is 20.1 Å². The molecule has 0 spiro atoms. The van der Waals surface area contributed by atoms with E-state index in [0.29, 0.717) is 17.9 Å². The number of ether oxygens (including phenoxy) is 1. The molecular formula is C16H17F2NO. The Morgan fingerprint density at radius 2 is 1.80 bits per heavy atom. The Morgan fingerprint density at radius 3 is 2.55 bits per heavy atom. The van der Waals surface area contributed by atoms with E-state index in [0.717, 1.165) is 12.1 Å². The molecule has 0 saturated carbocycles. The number of benzene rings is 2. The number of rotatable bonds is 6. The van der Waals surface area contributed by atoms with Crippen molar-refractivity contribution < 1.29 is 13.5 Å². The zero-order chi connectivity index (χ0) is 14.4. The summed E-state index contributed by atoms with van der Waals surface area (Å²) in [6, 6.07) is 10.7. The summed E-state index contributed by atoms with van der Waals surface area (Å²) >= 11 is 0. The van der Waals surface area contributed by atoms with Crippen molar-refractivity contribution in [1.82, 2.24) is 5.32 Å². The third kappa shape index (κ3) is 4.31. The zero-order valence-corrected chi connectivity index (χ0v) is 11.3. The van der Waals surface area contributed by atoms with Gasteiger partial charge in [-0.05, 0) is 41.9 Å². The third-order valence-electron chi connectivity index (χ3n) is 2.80. The van der Waals surface area contributed by atoms with Gasteiger partial charge in [0.1, 0.15) is 24.0 Å². The summed E-state index contributed by atoms with van der Waals surface area (Å²) in [6.07, 6.45) is 0. The molecule has 0 amide bonds. The van der Waals surface area contributed by atoms with Crippen molar-refractivity contribution in [2.75, 3.05) is 6.54 Å². The van der Waals surface area contributed by atoms with E-state index < -0.39 is 0 Å². The molecule has 2 aromatic carbocycles. The van der Waals surface area contributed by atoms with Gasteiger partial charge in [0.25, 0.3) is 0 Å². The summed E-state index contributed by atoms with van der Waals surface area (Å²) in [5, 5.41) is 3.13. The van der Waals surface area contributed by atoms with Crippen molar-refractivity contribution in [3.8, 4) is 5.75 Å². The molecule has 0 fully saturated rings. The van der Waals surface area contributed by atoms with Crippen LogP contribution < -0.4 is 10.1 Å². The summed E-state index contributed by atoms with van der Waals surface area (Å²) in [4.78, 5) is 0. The fraction of sp³-hybridized carbons (Fsp3) is 0.250. The average Bonchev–Trinajstić information content (AvgIpc) is 2.42. The van der Waals surface area contributed by atoms with E-state index in [1.165, 1.54) is 24.3 Å². The van der Waals surface area contributed by atoms with Gasteiger partial charge in [-0.25, -0.2) is 8.78 Å². The second kappa shape index (κ2) is 7.01. The van der Waals surface area contributed by atoms with E-state index in [9.17, 15) is 8.78 Å². The minimum Gasteiger partial charge on any atom is -0.489 e. The van der Waals surface area contributed by atoms with Gasteiger partial charge in [-0.2, -0.15) is 0 Å². The number of halogens is 2. The van der Waals surface area contributed by atoms with Gasteiger partial charge in [0.05, 0.1) is 0 Å². The maximum atomic E-state index is 13.5. The quantitative estimate of drug-likeness (QED) is 0.870. The second-order valence-electron chi connectivity index (χ2n) is 4.49. The monoisotopic (exact) mass is 277 g/mol. The summed E-state index contributed by atoms with van der Waals surface area (Å²) in [5.41, 5.74) is 1.53. The molecule has 2 rings (SSSR count). The first kappa shape index (κ1) is 14.5. The lowest BCUT2D eigenvalue weighted by Gasteiger charge is -2.09. The summed E-state index contributed by atoms with van der Waals surface area (Å²) in [5.74, 6) is -0.199. The maximum Gasteiger partial charge on any atom is 0.127 e. The molecule has 0 saturated heterocycles. The molecule has 0 radical (unpaired) electrons. The zero-order valence-electron chi connectivity index (χ0n) is 11.3.